The first kappa shape index (κ1) is 15.6. The van der Waals surface area contributed by atoms with E-state index < -0.39 is 5.60 Å². The minimum Gasteiger partial charge on any atom is -0.444 e. The Kier molecular flexibility index (Phi) is 4.59. The Hall–Kier alpha value is -0.810. The Morgan fingerprint density at radius 1 is 1.15 bits per heavy atom. The van der Waals surface area contributed by atoms with Gasteiger partial charge in [0.25, 0.3) is 0 Å². The van der Waals surface area contributed by atoms with Crippen LogP contribution in [0.4, 0.5) is 4.79 Å². The van der Waals surface area contributed by atoms with Gasteiger partial charge in [0, 0.05) is 45.2 Å². The van der Waals surface area contributed by atoms with Crippen LogP contribution in [-0.2, 0) is 9.47 Å². The molecule has 1 saturated heterocycles. The van der Waals surface area contributed by atoms with Crippen molar-refractivity contribution in [3.8, 4) is 0 Å². The minimum atomic E-state index is -0.412. The van der Waals surface area contributed by atoms with Crippen LogP contribution >= 0.6 is 0 Å². The van der Waals surface area contributed by atoms with Crippen molar-refractivity contribution in [1.29, 1.82) is 0 Å². The molecular weight excluding hydrogens is 256 g/mol. The van der Waals surface area contributed by atoms with E-state index in [1.165, 1.54) is 12.8 Å². The van der Waals surface area contributed by atoms with Gasteiger partial charge in [0.2, 0.25) is 0 Å². The van der Waals surface area contributed by atoms with Gasteiger partial charge in [-0.2, -0.15) is 0 Å². The lowest BCUT2D eigenvalue weighted by molar-refractivity contribution is 0.0109. The molecule has 0 aromatic carbocycles. The summed E-state index contributed by atoms with van der Waals surface area (Å²) < 4.78 is 10.7. The third-order valence-corrected chi connectivity index (χ3v) is 3.99. The predicted molar refractivity (Wildman–Crippen MR) is 77.8 cm³/mol. The lowest BCUT2D eigenvalue weighted by Gasteiger charge is -2.37. The van der Waals surface area contributed by atoms with Crippen LogP contribution in [0.15, 0.2) is 0 Å². The van der Waals surface area contributed by atoms with Gasteiger partial charge in [0.05, 0.1) is 6.61 Å². The number of hydrogen-bond acceptors (Lipinski definition) is 4. The third-order valence-electron chi connectivity index (χ3n) is 3.99. The zero-order valence-corrected chi connectivity index (χ0v) is 13.3. The van der Waals surface area contributed by atoms with Crippen LogP contribution in [0.25, 0.3) is 0 Å². The van der Waals surface area contributed by atoms with Gasteiger partial charge in [-0.05, 0) is 33.6 Å². The lowest BCUT2D eigenvalue weighted by atomic mass is 10.1. The van der Waals surface area contributed by atoms with Crippen molar-refractivity contribution < 1.29 is 14.3 Å². The van der Waals surface area contributed by atoms with Crippen molar-refractivity contribution in [2.75, 3.05) is 46.4 Å². The number of amides is 1. The molecule has 20 heavy (non-hydrogen) atoms. The monoisotopic (exact) mass is 284 g/mol. The first-order valence-electron chi connectivity index (χ1n) is 7.53. The fourth-order valence-electron chi connectivity index (χ4n) is 2.72. The van der Waals surface area contributed by atoms with Crippen molar-refractivity contribution >= 4 is 6.09 Å². The SMILES string of the molecule is COCC1(CN2CCN(C(=O)OC(C)(C)C)CC2)CC1. The summed E-state index contributed by atoms with van der Waals surface area (Å²) >= 11 is 0. The highest BCUT2D eigenvalue weighted by molar-refractivity contribution is 5.68. The molecule has 1 aliphatic heterocycles. The molecule has 2 rings (SSSR count). The number of piperazine rings is 1. The number of nitrogens with zero attached hydrogens (tertiary/aromatic N) is 2. The highest BCUT2D eigenvalue weighted by atomic mass is 16.6. The maximum atomic E-state index is 12.0. The molecule has 0 unspecified atom stereocenters. The first-order valence-corrected chi connectivity index (χ1v) is 7.53. The van der Waals surface area contributed by atoms with Gasteiger partial charge in [-0.3, -0.25) is 4.90 Å². The van der Waals surface area contributed by atoms with Gasteiger partial charge in [-0.15, -0.1) is 0 Å². The summed E-state index contributed by atoms with van der Waals surface area (Å²) in [5.41, 5.74) is -0.0202. The Bertz CT molecular complexity index is 340. The zero-order chi connectivity index (χ0) is 14.8. The van der Waals surface area contributed by atoms with Gasteiger partial charge in [-0.1, -0.05) is 0 Å². The molecule has 1 heterocycles. The summed E-state index contributed by atoms with van der Waals surface area (Å²) in [4.78, 5) is 16.3. The largest absolute Gasteiger partial charge is 0.444 e. The molecule has 0 aromatic rings. The molecule has 0 atom stereocenters. The quantitative estimate of drug-likeness (QED) is 0.791. The van der Waals surface area contributed by atoms with Crippen molar-refractivity contribution in [2.45, 2.75) is 39.2 Å². The van der Waals surface area contributed by atoms with Crippen LogP contribution in [0.2, 0.25) is 0 Å². The molecular formula is C15H28N2O3. The van der Waals surface area contributed by atoms with E-state index in [9.17, 15) is 4.79 Å². The molecule has 2 aliphatic rings. The summed E-state index contributed by atoms with van der Waals surface area (Å²) in [5.74, 6) is 0. The molecule has 0 aromatic heterocycles. The Balaban J connectivity index is 1.74. The van der Waals surface area contributed by atoms with E-state index in [-0.39, 0.29) is 6.09 Å². The number of rotatable bonds is 4. The minimum absolute atomic E-state index is 0.185. The average molecular weight is 284 g/mol. The fourth-order valence-corrected chi connectivity index (χ4v) is 2.72. The van der Waals surface area contributed by atoms with Crippen molar-refractivity contribution in [3.63, 3.8) is 0 Å². The molecule has 0 radical (unpaired) electrons. The summed E-state index contributed by atoms with van der Waals surface area (Å²) in [6, 6.07) is 0. The number of carbonyl (C=O) groups excluding carboxylic acids is 1. The van der Waals surface area contributed by atoms with Crippen LogP contribution in [-0.4, -0.2) is 67.9 Å². The van der Waals surface area contributed by atoms with Crippen LogP contribution in [0.5, 0.6) is 0 Å². The van der Waals surface area contributed by atoms with Crippen LogP contribution in [0, 0.1) is 5.41 Å². The number of methoxy groups -OCH3 is 1. The molecule has 2 fully saturated rings. The maximum Gasteiger partial charge on any atom is 0.410 e. The van der Waals surface area contributed by atoms with Crippen molar-refractivity contribution in [1.82, 2.24) is 9.80 Å². The van der Waals surface area contributed by atoms with Gasteiger partial charge < -0.3 is 14.4 Å². The molecule has 116 valence electrons. The standard InChI is InChI=1S/C15H28N2O3/c1-14(2,3)20-13(18)17-9-7-16(8-10-17)11-15(5-6-15)12-19-4/h5-12H2,1-4H3. The third kappa shape index (κ3) is 4.35. The number of hydrogen-bond donors (Lipinski definition) is 0. The Labute approximate surface area is 122 Å². The molecule has 0 spiro atoms. The highest BCUT2D eigenvalue weighted by Crippen LogP contribution is 2.46. The van der Waals surface area contributed by atoms with Crippen molar-refractivity contribution in [2.24, 2.45) is 5.41 Å². The van der Waals surface area contributed by atoms with E-state index in [2.05, 4.69) is 4.90 Å². The van der Waals surface area contributed by atoms with Crippen LogP contribution in [0.3, 0.4) is 0 Å². The Morgan fingerprint density at radius 3 is 2.20 bits per heavy atom. The second-order valence-corrected chi connectivity index (χ2v) is 7.18. The molecule has 1 saturated carbocycles. The fraction of sp³-hybridized carbons (Fsp3) is 0.933. The van der Waals surface area contributed by atoms with E-state index in [0.717, 1.165) is 39.3 Å². The van der Waals surface area contributed by atoms with E-state index in [0.29, 0.717) is 5.41 Å². The average Bonchev–Trinajstić information content (AvgIpc) is 3.08. The van der Waals surface area contributed by atoms with Crippen LogP contribution in [0.1, 0.15) is 33.6 Å². The lowest BCUT2D eigenvalue weighted by Crippen LogP contribution is -2.51. The summed E-state index contributed by atoms with van der Waals surface area (Å²) in [6.07, 6.45) is 2.36. The highest BCUT2D eigenvalue weighted by Gasteiger charge is 2.44. The maximum absolute atomic E-state index is 12.0. The number of carbonyl (C=O) groups is 1. The smallest absolute Gasteiger partial charge is 0.410 e. The Morgan fingerprint density at radius 2 is 1.75 bits per heavy atom. The topological polar surface area (TPSA) is 42.0 Å². The summed E-state index contributed by atoms with van der Waals surface area (Å²) in [6.45, 7) is 11.1. The summed E-state index contributed by atoms with van der Waals surface area (Å²) in [7, 11) is 1.78. The second-order valence-electron chi connectivity index (χ2n) is 7.18. The van der Waals surface area contributed by atoms with Crippen molar-refractivity contribution in [3.05, 3.63) is 0 Å². The second kappa shape index (κ2) is 5.90. The first-order chi connectivity index (χ1) is 9.34. The van der Waals surface area contributed by atoms with Gasteiger partial charge in [0.15, 0.2) is 0 Å². The zero-order valence-electron chi connectivity index (χ0n) is 13.3. The van der Waals surface area contributed by atoms with E-state index in [1.54, 1.807) is 7.11 Å². The summed E-state index contributed by atoms with van der Waals surface area (Å²) in [5, 5.41) is 0. The van der Waals surface area contributed by atoms with Gasteiger partial charge >= 0.3 is 6.09 Å². The normalized spacial score (nSPS) is 22.7. The molecule has 5 heteroatoms. The van der Waals surface area contributed by atoms with E-state index in [1.807, 2.05) is 25.7 Å². The molecule has 1 amide bonds. The molecule has 0 N–H and O–H groups in total. The van der Waals surface area contributed by atoms with E-state index in [4.69, 9.17) is 9.47 Å². The predicted octanol–water partition coefficient (Wildman–Crippen LogP) is 1.97. The van der Waals surface area contributed by atoms with Crippen LogP contribution < -0.4 is 0 Å². The van der Waals surface area contributed by atoms with E-state index >= 15 is 0 Å². The molecule has 0 bridgehead atoms. The number of ether oxygens (including phenoxy) is 2. The molecule has 5 nitrogen and oxygen atoms in total. The van der Waals surface area contributed by atoms with Gasteiger partial charge in [-0.25, -0.2) is 4.79 Å². The van der Waals surface area contributed by atoms with Gasteiger partial charge in [0.1, 0.15) is 5.60 Å². The molecule has 1 aliphatic carbocycles.